The number of aliphatic imine (C=N–C) groups is 1. The molecule has 2 rings (SSSR count). The lowest BCUT2D eigenvalue weighted by Crippen LogP contribution is -2.47. The van der Waals surface area contributed by atoms with Gasteiger partial charge in [-0.25, -0.2) is 4.99 Å². The molecule has 164 valence electrons. The number of anilines is 1. The number of guanidine groups is 1. The van der Waals surface area contributed by atoms with Crippen molar-refractivity contribution in [2.45, 2.75) is 39.3 Å². The van der Waals surface area contributed by atoms with Crippen molar-refractivity contribution in [1.82, 2.24) is 15.1 Å². The number of hydrogen-bond acceptors (Lipinski definition) is 4. The number of piperidine rings is 1. The Labute approximate surface area is 192 Å². The zero-order chi connectivity index (χ0) is 20.4. The maximum absolute atomic E-state index is 12.0. The number of carbonyl (C=O) groups is 1. The summed E-state index contributed by atoms with van der Waals surface area (Å²) >= 11 is 0. The Bertz CT molecular complexity index is 646. The number of likely N-dealkylation sites (tertiary alicyclic amines) is 1. The maximum Gasteiger partial charge on any atom is 0.238 e. The number of ether oxygens (including phenoxy) is 1. The quantitative estimate of drug-likeness (QED) is 0.316. The van der Waals surface area contributed by atoms with E-state index in [2.05, 4.69) is 29.4 Å². The Balaban J connectivity index is 0.00000420. The molecule has 0 atom stereocenters. The van der Waals surface area contributed by atoms with Gasteiger partial charge in [0.05, 0.1) is 19.2 Å². The van der Waals surface area contributed by atoms with E-state index < -0.39 is 0 Å². The second kappa shape index (κ2) is 13.8. The third kappa shape index (κ3) is 9.31. The van der Waals surface area contributed by atoms with Crippen molar-refractivity contribution >= 4 is 41.5 Å². The molecule has 1 aromatic carbocycles. The molecule has 0 radical (unpaired) electrons. The van der Waals surface area contributed by atoms with Crippen LogP contribution in [0.4, 0.5) is 5.69 Å². The summed E-state index contributed by atoms with van der Waals surface area (Å²) < 4.78 is 5.74. The second-order valence-corrected chi connectivity index (χ2v) is 7.30. The molecule has 7 nitrogen and oxygen atoms in total. The summed E-state index contributed by atoms with van der Waals surface area (Å²) in [7, 11) is 3.76. The van der Waals surface area contributed by atoms with Gasteiger partial charge in [0, 0.05) is 31.9 Å². The highest BCUT2D eigenvalue weighted by molar-refractivity contribution is 14.0. The van der Waals surface area contributed by atoms with Crippen LogP contribution in [0.5, 0.6) is 0 Å². The van der Waals surface area contributed by atoms with Crippen LogP contribution in [0.2, 0.25) is 0 Å². The number of nitrogens with zero attached hydrogens (tertiary/aromatic N) is 3. The molecule has 1 aliphatic heterocycles. The fourth-order valence-corrected chi connectivity index (χ4v) is 3.30. The predicted molar refractivity (Wildman–Crippen MR) is 130 cm³/mol. The standard InChI is InChI=1S/C21H35N5O2.HI/c1-5-22-21(26-12-10-19(11-13-26)28-6-2)23-15-17-8-7-9-18(14-17)24-20(27)16-25(3)4;/h7-9,14,19H,5-6,10-13,15-16H2,1-4H3,(H,22,23)(H,24,27);1H. The molecule has 1 fully saturated rings. The zero-order valence-electron chi connectivity index (χ0n) is 18.1. The normalized spacial score (nSPS) is 15.2. The molecule has 0 aliphatic carbocycles. The predicted octanol–water partition coefficient (Wildman–Crippen LogP) is 2.77. The number of benzene rings is 1. The van der Waals surface area contributed by atoms with Crippen LogP contribution in [-0.4, -0.2) is 74.7 Å². The van der Waals surface area contributed by atoms with Crippen LogP contribution in [0.3, 0.4) is 0 Å². The van der Waals surface area contributed by atoms with Gasteiger partial charge >= 0.3 is 0 Å². The largest absolute Gasteiger partial charge is 0.378 e. The molecule has 29 heavy (non-hydrogen) atoms. The number of carbonyl (C=O) groups excluding carboxylic acids is 1. The zero-order valence-corrected chi connectivity index (χ0v) is 20.4. The van der Waals surface area contributed by atoms with Gasteiger partial charge in [-0.05, 0) is 58.5 Å². The fraction of sp³-hybridized carbons (Fsp3) is 0.619. The van der Waals surface area contributed by atoms with E-state index in [0.29, 0.717) is 19.2 Å². The Kier molecular flexibility index (Phi) is 12.2. The summed E-state index contributed by atoms with van der Waals surface area (Å²) in [5.74, 6) is 0.927. The van der Waals surface area contributed by atoms with Crippen LogP contribution >= 0.6 is 24.0 Å². The van der Waals surface area contributed by atoms with E-state index in [9.17, 15) is 4.79 Å². The summed E-state index contributed by atoms with van der Waals surface area (Å²) in [6.07, 6.45) is 2.43. The highest BCUT2D eigenvalue weighted by Gasteiger charge is 2.21. The van der Waals surface area contributed by atoms with Crippen LogP contribution in [-0.2, 0) is 16.1 Å². The summed E-state index contributed by atoms with van der Waals surface area (Å²) in [6, 6.07) is 7.89. The van der Waals surface area contributed by atoms with Gasteiger partial charge in [-0.2, -0.15) is 0 Å². The SMILES string of the molecule is CCNC(=NCc1cccc(NC(=O)CN(C)C)c1)N1CCC(OCC)CC1.I. The van der Waals surface area contributed by atoms with E-state index in [1.807, 2.05) is 43.3 Å². The fourth-order valence-electron chi connectivity index (χ4n) is 3.30. The van der Waals surface area contributed by atoms with E-state index in [4.69, 9.17) is 9.73 Å². The summed E-state index contributed by atoms with van der Waals surface area (Å²) in [5, 5.41) is 6.34. The van der Waals surface area contributed by atoms with Crippen LogP contribution in [0, 0.1) is 0 Å². The first-order chi connectivity index (χ1) is 13.5. The van der Waals surface area contributed by atoms with Gasteiger partial charge in [-0.3, -0.25) is 4.79 Å². The van der Waals surface area contributed by atoms with Crippen LogP contribution in [0.15, 0.2) is 29.3 Å². The van der Waals surface area contributed by atoms with Crippen LogP contribution in [0.1, 0.15) is 32.3 Å². The third-order valence-corrected chi connectivity index (χ3v) is 4.56. The first-order valence-electron chi connectivity index (χ1n) is 10.2. The van der Waals surface area contributed by atoms with Crippen LogP contribution < -0.4 is 10.6 Å². The molecule has 1 aromatic rings. The summed E-state index contributed by atoms with van der Waals surface area (Å²) in [6.45, 7) is 8.60. The molecule has 0 unspecified atom stereocenters. The Morgan fingerprint density at radius 2 is 2.00 bits per heavy atom. The molecule has 0 spiro atoms. The number of likely N-dealkylation sites (N-methyl/N-ethyl adjacent to an activating group) is 1. The minimum atomic E-state index is -0.0174. The van der Waals surface area contributed by atoms with Gasteiger partial charge in [0.1, 0.15) is 0 Å². The molecule has 0 aromatic heterocycles. The minimum absolute atomic E-state index is 0. The lowest BCUT2D eigenvalue weighted by Gasteiger charge is -2.34. The Hall–Kier alpha value is -1.39. The monoisotopic (exact) mass is 517 g/mol. The highest BCUT2D eigenvalue weighted by atomic mass is 127. The summed E-state index contributed by atoms with van der Waals surface area (Å²) in [4.78, 5) is 20.9. The number of amides is 1. The lowest BCUT2D eigenvalue weighted by atomic mass is 10.1. The number of nitrogens with one attached hydrogen (secondary N) is 2. The molecule has 0 bridgehead atoms. The Morgan fingerprint density at radius 3 is 2.62 bits per heavy atom. The molecule has 1 amide bonds. The molecule has 0 saturated carbocycles. The van der Waals surface area contributed by atoms with Crippen molar-refractivity contribution in [3.8, 4) is 0 Å². The lowest BCUT2D eigenvalue weighted by molar-refractivity contribution is -0.116. The maximum atomic E-state index is 12.0. The van der Waals surface area contributed by atoms with E-state index in [1.54, 1.807) is 0 Å². The van der Waals surface area contributed by atoms with Crippen molar-refractivity contribution in [3.05, 3.63) is 29.8 Å². The smallest absolute Gasteiger partial charge is 0.238 e. The first kappa shape index (κ1) is 25.6. The van der Waals surface area contributed by atoms with E-state index in [0.717, 1.165) is 56.3 Å². The topological polar surface area (TPSA) is 69.2 Å². The number of halogens is 1. The van der Waals surface area contributed by atoms with Crippen LogP contribution in [0.25, 0.3) is 0 Å². The summed E-state index contributed by atoms with van der Waals surface area (Å²) in [5.41, 5.74) is 1.88. The van der Waals surface area contributed by atoms with Gasteiger partial charge in [0.2, 0.25) is 5.91 Å². The average Bonchev–Trinajstić information content (AvgIpc) is 2.66. The van der Waals surface area contributed by atoms with Crippen molar-refractivity contribution in [2.24, 2.45) is 4.99 Å². The second-order valence-electron chi connectivity index (χ2n) is 7.30. The molecule has 2 N–H and O–H groups in total. The van der Waals surface area contributed by atoms with Crippen molar-refractivity contribution in [2.75, 3.05) is 52.2 Å². The minimum Gasteiger partial charge on any atom is -0.378 e. The van der Waals surface area contributed by atoms with Crippen molar-refractivity contribution in [1.29, 1.82) is 0 Å². The van der Waals surface area contributed by atoms with Crippen molar-refractivity contribution < 1.29 is 9.53 Å². The van der Waals surface area contributed by atoms with Gasteiger partial charge in [-0.1, -0.05) is 12.1 Å². The van der Waals surface area contributed by atoms with Crippen molar-refractivity contribution in [3.63, 3.8) is 0 Å². The van der Waals surface area contributed by atoms with Gasteiger partial charge in [0.15, 0.2) is 5.96 Å². The highest BCUT2D eigenvalue weighted by Crippen LogP contribution is 2.15. The van der Waals surface area contributed by atoms with E-state index in [-0.39, 0.29) is 29.9 Å². The first-order valence-corrected chi connectivity index (χ1v) is 10.2. The molecule has 1 aliphatic rings. The molecular formula is C21H36IN5O2. The van der Waals surface area contributed by atoms with Gasteiger partial charge in [0.25, 0.3) is 0 Å². The van der Waals surface area contributed by atoms with Gasteiger partial charge < -0.3 is 25.2 Å². The number of hydrogen-bond donors (Lipinski definition) is 2. The van der Waals surface area contributed by atoms with E-state index in [1.165, 1.54) is 0 Å². The molecular weight excluding hydrogens is 481 g/mol. The molecule has 8 heteroatoms. The average molecular weight is 517 g/mol. The van der Waals surface area contributed by atoms with Gasteiger partial charge in [-0.15, -0.1) is 24.0 Å². The number of rotatable bonds is 8. The van der Waals surface area contributed by atoms with E-state index >= 15 is 0 Å². The third-order valence-electron chi connectivity index (χ3n) is 4.56. The molecule has 1 heterocycles. The molecule has 1 saturated heterocycles. The Morgan fingerprint density at radius 1 is 1.28 bits per heavy atom.